The molecule has 2 atom stereocenters. The number of likely N-dealkylation sites (tertiary alicyclic amines) is 1. The summed E-state index contributed by atoms with van der Waals surface area (Å²) in [7, 11) is 0. The molecule has 0 aromatic rings. The van der Waals surface area contributed by atoms with Crippen molar-refractivity contribution >= 4 is 0 Å². The summed E-state index contributed by atoms with van der Waals surface area (Å²) >= 11 is 0. The summed E-state index contributed by atoms with van der Waals surface area (Å²) in [5, 5.41) is 8.94. The van der Waals surface area contributed by atoms with Gasteiger partial charge in [-0.15, -0.1) is 0 Å². The van der Waals surface area contributed by atoms with Crippen LogP contribution in [0.25, 0.3) is 0 Å². The predicted octanol–water partition coefficient (Wildman–Crippen LogP) is 2.55. The monoisotopic (exact) mass is 192 g/mol. The molecule has 0 amide bonds. The van der Waals surface area contributed by atoms with Crippen molar-refractivity contribution in [1.82, 2.24) is 4.90 Å². The highest BCUT2D eigenvalue weighted by molar-refractivity contribution is 4.91. The molecule has 2 heteroatoms. The van der Waals surface area contributed by atoms with Crippen LogP contribution in [0.2, 0.25) is 0 Å². The van der Waals surface area contributed by atoms with Gasteiger partial charge in [-0.05, 0) is 45.2 Å². The average molecular weight is 192 g/mol. The van der Waals surface area contributed by atoms with Gasteiger partial charge in [0.05, 0.1) is 6.07 Å². The van der Waals surface area contributed by atoms with E-state index < -0.39 is 0 Å². The average Bonchev–Trinajstić information content (AvgIpc) is 2.30. The molecule has 1 saturated heterocycles. The lowest BCUT2D eigenvalue weighted by molar-refractivity contribution is 0.119. The van der Waals surface area contributed by atoms with Gasteiger partial charge in [0.1, 0.15) is 0 Å². The van der Waals surface area contributed by atoms with Gasteiger partial charge in [-0.3, -0.25) is 0 Å². The fourth-order valence-electron chi connectivity index (χ4n) is 2.90. The maximum Gasteiger partial charge on any atom is 0.0656 e. The van der Waals surface area contributed by atoms with Crippen molar-refractivity contribution in [3.63, 3.8) is 0 Å². The Morgan fingerprint density at radius 2 is 1.79 bits per heavy atom. The number of nitriles is 1. The van der Waals surface area contributed by atoms with E-state index in [0.717, 1.165) is 18.9 Å². The zero-order valence-corrected chi connectivity index (χ0v) is 8.91. The van der Waals surface area contributed by atoms with Gasteiger partial charge in [0.25, 0.3) is 0 Å². The molecule has 2 unspecified atom stereocenters. The van der Waals surface area contributed by atoms with Crippen LogP contribution < -0.4 is 0 Å². The quantitative estimate of drug-likeness (QED) is 0.638. The Hall–Kier alpha value is -0.550. The lowest BCUT2D eigenvalue weighted by atomic mass is 9.85. The third kappa shape index (κ3) is 2.27. The second-order valence-electron chi connectivity index (χ2n) is 4.74. The van der Waals surface area contributed by atoms with Crippen molar-refractivity contribution in [2.45, 2.75) is 51.0 Å². The lowest BCUT2D eigenvalue weighted by Gasteiger charge is -2.38. The number of rotatable bonds is 1. The normalized spacial score (nSPS) is 35.1. The van der Waals surface area contributed by atoms with E-state index in [1.807, 2.05) is 0 Å². The van der Waals surface area contributed by atoms with Crippen molar-refractivity contribution in [3.05, 3.63) is 0 Å². The van der Waals surface area contributed by atoms with Gasteiger partial charge in [-0.25, -0.2) is 0 Å². The molecule has 0 N–H and O–H groups in total. The summed E-state index contributed by atoms with van der Waals surface area (Å²) in [5.74, 6) is 0.343. The number of hydrogen-bond donors (Lipinski definition) is 0. The molecule has 1 heterocycles. The molecule has 0 spiro atoms. The van der Waals surface area contributed by atoms with Crippen LogP contribution in [0.4, 0.5) is 0 Å². The molecular formula is C12H20N2. The number of piperidine rings is 1. The van der Waals surface area contributed by atoms with Crippen LogP contribution in [0.3, 0.4) is 0 Å². The third-order valence-electron chi connectivity index (χ3n) is 3.74. The minimum Gasteiger partial charge on any atom is -0.300 e. The number of nitrogens with zero attached hydrogens (tertiary/aromatic N) is 2. The molecular weight excluding hydrogens is 172 g/mol. The van der Waals surface area contributed by atoms with Gasteiger partial charge < -0.3 is 4.90 Å². The smallest absolute Gasteiger partial charge is 0.0656 e. The van der Waals surface area contributed by atoms with Gasteiger partial charge in [0.2, 0.25) is 0 Å². The van der Waals surface area contributed by atoms with Crippen LogP contribution in [-0.4, -0.2) is 24.0 Å². The molecule has 1 aliphatic carbocycles. The molecule has 2 fully saturated rings. The van der Waals surface area contributed by atoms with Crippen molar-refractivity contribution < 1.29 is 0 Å². The lowest BCUT2D eigenvalue weighted by Crippen LogP contribution is -2.41. The van der Waals surface area contributed by atoms with E-state index >= 15 is 0 Å². The first kappa shape index (κ1) is 9.98. The predicted molar refractivity (Wildman–Crippen MR) is 56.8 cm³/mol. The van der Waals surface area contributed by atoms with Gasteiger partial charge in [0.15, 0.2) is 0 Å². The molecule has 14 heavy (non-hydrogen) atoms. The first-order chi connectivity index (χ1) is 6.90. The Balaban J connectivity index is 1.87. The van der Waals surface area contributed by atoms with Crippen molar-refractivity contribution in [2.75, 3.05) is 13.1 Å². The summed E-state index contributed by atoms with van der Waals surface area (Å²) in [6.07, 6.45) is 9.02. The van der Waals surface area contributed by atoms with E-state index in [4.69, 9.17) is 5.26 Å². The van der Waals surface area contributed by atoms with Crippen LogP contribution in [0.15, 0.2) is 0 Å². The fraction of sp³-hybridized carbons (Fsp3) is 0.917. The first-order valence-corrected chi connectivity index (χ1v) is 6.04. The Bertz CT molecular complexity index is 213. The van der Waals surface area contributed by atoms with Crippen molar-refractivity contribution in [1.29, 1.82) is 5.26 Å². The molecule has 0 radical (unpaired) electrons. The zero-order valence-electron chi connectivity index (χ0n) is 8.91. The third-order valence-corrected chi connectivity index (χ3v) is 3.74. The topological polar surface area (TPSA) is 27.0 Å². The highest BCUT2D eigenvalue weighted by Gasteiger charge is 2.27. The summed E-state index contributed by atoms with van der Waals surface area (Å²) in [6.45, 7) is 2.56. The Morgan fingerprint density at radius 3 is 2.50 bits per heavy atom. The maximum atomic E-state index is 8.94. The molecule has 2 aliphatic rings. The number of hydrogen-bond acceptors (Lipinski definition) is 2. The minimum absolute atomic E-state index is 0.343. The highest BCUT2D eigenvalue weighted by Crippen LogP contribution is 2.28. The Kier molecular flexibility index (Phi) is 3.42. The first-order valence-electron chi connectivity index (χ1n) is 6.04. The zero-order chi connectivity index (χ0) is 9.80. The van der Waals surface area contributed by atoms with Crippen LogP contribution >= 0.6 is 0 Å². The molecule has 0 aromatic heterocycles. The molecule has 1 saturated carbocycles. The van der Waals surface area contributed by atoms with Gasteiger partial charge in [-0.2, -0.15) is 5.26 Å². The second kappa shape index (κ2) is 4.79. The van der Waals surface area contributed by atoms with E-state index in [1.54, 1.807) is 0 Å². The van der Waals surface area contributed by atoms with E-state index in [0.29, 0.717) is 5.92 Å². The molecule has 0 bridgehead atoms. The van der Waals surface area contributed by atoms with Gasteiger partial charge in [-0.1, -0.05) is 12.8 Å². The molecule has 2 rings (SSSR count). The standard InChI is InChI=1S/C12H20N2/c13-10-11-5-4-6-12(9-11)14-7-2-1-3-8-14/h11-12H,1-9H2. The molecule has 1 aliphatic heterocycles. The van der Waals surface area contributed by atoms with E-state index in [2.05, 4.69) is 11.0 Å². The Morgan fingerprint density at radius 1 is 1.00 bits per heavy atom. The molecule has 0 aromatic carbocycles. The van der Waals surface area contributed by atoms with Gasteiger partial charge >= 0.3 is 0 Å². The van der Waals surface area contributed by atoms with Crippen molar-refractivity contribution in [2.24, 2.45) is 5.92 Å². The van der Waals surface area contributed by atoms with E-state index in [9.17, 15) is 0 Å². The van der Waals surface area contributed by atoms with E-state index in [1.165, 1.54) is 45.2 Å². The summed E-state index contributed by atoms with van der Waals surface area (Å²) in [5.41, 5.74) is 0. The molecule has 2 nitrogen and oxygen atoms in total. The van der Waals surface area contributed by atoms with E-state index in [-0.39, 0.29) is 0 Å². The minimum atomic E-state index is 0.343. The maximum absolute atomic E-state index is 8.94. The highest BCUT2D eigenvalue weighted by atomic mass is 15.2. The van der Waals surface area contributed by atoms with Crippen molar-refractivity contribution in [3.8, 4) is 6.07 Å². The summed E-state index contributed by atoms with van der Waals surface area (Å²) < 4.78 is 0. The summed E-state index contributed by atoms with van der Waals surface area (Å²) in [6, 6.07) is 3.18. The Labute approximate surface area is 86.9 Å². The second-order valence-corrected chi connectivity index (χ2v) is 4.74. The molecule has 78 valence electrons. The van der Waals surface area contributed by atoms with Crippen LogP contribution in [0.1, 0.15) is 44.9 Å². The van der Waals surface area contributed by atoms with Crippen LogP contribution in [-0.2, 0) is 0 Å². The summed E-state index contributed by atoms with van der Waals surface area (Å²) in [4.78, 5) is 2.63. The fourth-order valence-corrected chi connectivity index (χ4v) is 2.90. The van der Waals surface area contributed by atoms with Gasteiger partial charge in [0, 0.05) is 12.0 Å². The van der Waals surface area contributed by atoms with Crippen LogP contribution in [0, 0.1) is 17.2 Å². The van der Waals surface area contributed by atoms with Crippen LogP contribution in [0.5, 0.6) is 0 Å². The SMILES string of the molecule is N#CC1CCCC(N2CCCCC2)C1. The largest absolute Gasteiger partial charge is 0.300 e.